The average molecular weight is 307 g/mol. The molecule has 9 heteroatoms. The van der Waals surface area contributed by atoms with Crippen LogP contribution >= 0.6 is 23.6 Å². The Hall–Kier alpha value is -1.32. The van der Waals surface area contributed by atoms with Gasteiger partial charge in [-0.3, -0.25) is 0 Å². The smallest absolute Gasteiger partial charge is 0.377 e. The minimum Gasteiger partial charge on any atom is -0.377 e. The second-order valence-electron chi connectivity index (χ2n) is 3.54. The Bertz CT molecular complexity index is 635. The van der Waals surface area contributed by atoms with Crippen LogP contribution in [0.2, 0.25) is 0 Å². The molecular formula is C10H8F3N3OS2. The summed E-state index contributed by atoms with van der Waals surface area (Å²) < 4.78 is 42.6. The van der Waals surface area contributed by atoms with Crippen LogP contribution in [-0.4, -0.2) is 22.1 Å². The van der Waals surface area contributed by atoms with E-state index in [0.29, 0.717) is 27.7 Å². The Morgan fingerprint density at radius 1 is 1.47 bits per heavy atom. The maximum atomic E-state index is 12.5. The van der Waals surface area contributed by atoms with Crippen molar-refractivity contribution in [3.63, 3.8) is 0 Å². The van der Waals surface area contributed by atoms with Crippen LogP contribution in [-0.2, 0) is 17.5 Å². The number of nitrogens with one attached hydrogen (secondary N) is 1. The number of thiazole rings is 1. The van der Waals surface area contributed by atoms with Gasteiger partial charge >= 0.3 is 6.18 Å². The molecule has 2 rings (SSSR count). The summed E-state index contributed by atoms with van der Waals surface area (Å²) in [5.41, 5.74) is 0.444. The Kier molecular flexibility index (Phi) is 3.97. The van der Waals surface area contributed by atoms with E-state index < -0.39 is 11.2 Å². The normalized spacial score (nSPS) is 11.8. The maximum Gasteiger partial charge on any atom is 0.443 e. The monoisotopic (exact) mass is 307 g/mol. The highest BCUT2D eigenvalue weighted by Gasteiger charge is 2.34. The summed E-state index contributed by atoms with van der Waals surface area (Å²) in [6, 6.07) is 1.49. The molecule has 0 aliphatic carbocycles. The van der Waals surface area contributed by atoms with Gasteiger partial charge in [0.15, 0.2) is 5.01 Å². The topological polar surface area (TPSA) is 50.8 Å². The standard InChI is InChI=1S/C10H8F3N3OS2/c1-17-4-7-15-5(2-8(18)16-7)6-3-14-9(19-6)10(11,12)13/h2-3H,4H2,1H3,(H,15,16,18). The number of ether oxygens (including phenoxy) is 1. The summed E-state index contributed by atoms with van der Waals surface area (Å²) in [7, 11) is 1.49. The molecule has 19 heavy (non-hydrogen) atoms. The van der Waals surface area contributed by atoms with Gasteiger partial charge in [0.1, 0.15) is 17.1 Å². The summed E-state index contributed by atoms with van der Waals surface area (Å²) in [4.78, 5) is 10.6. The lowest BCUT2D eigenvalue weighted by molar-refractivity contribution is -0.137. The Morgan fingerprint density at radius 2 is 2.21 bits per heavy atom. The molecule has 0 aliphatic heterocycles. The number of alkyl halides is 3. The molecule has 2 heterocycles. The largest absolute Gasteiger partial charge is 0.443 e. The minimum atomic E-state index is -4.44. The molecule has 0 aromatic carbocycles. The van der Waals surface area contributed by atoms with E-state index in [1.54, 1.807) is 0 Å². The lowest BCUT2D eigenvalue weighted by atomic mass is 10.3. The van der Waals surface area contributed by atoms with Crippen molar-refractivity contribution in [3.8, 4) is 10.6 Å². The fourth-order valence-corrected chi connectivity index (χ4v) is 2.36. The van der Waals surface area contributed by atoms with Crippen LogP contribution < -0.4 is 0 Å². The van der Waals surface area contributed by atoms with Gasteiger partial charge in [-0.2, -0.15) is 13.2 Å². The van der Waals surface area contributed by atoms with E-state index in [-0.39, 0.29) is 11.2 Å². The number of nitrogens with zero attached hydrogens (tertiary/aromatic N) is 2. The second-order valence-corrected chi connectivity index (χ2v) is 4.99. The quantitative estimate of drug-likeness (QED) is 0.883. The number of hydrogen-bond acceptors (Lipinski definition) is 5. The first kappa shape index (κ1) is 14.1. The molecule has 2 aromatic rings. The molecule has 4 nitrogen and oxygen atoms in total. The van der Waals surface area contributed by atoms with E-state index >= 15 is 0 Å². The summed E-state index contributed by atoms with van der Waals surface area (Å²) in [6.07, 6.45) is -3.28. The first-order chi connectivity index (χ1) is 8.90. The molecule has 102 valence electrons. The lowest BCUT2D eigenvalue weighted by Crippen LogP contribution is -2.02. The van der Waals surface area contributed by atoms with Crippen LogP contribution in [0.4, 0.5) is 13.2 Å². The van der Waals surface area contributed by atoms with Gasteiger partial charge in [0.2, 0.25) is 0 Å². The number of hydrogen-bond donors (Lipinski definition) is 1. The zero-order valence-corrected chi connectivity index (χ0v) is 11.2. The molecule has 1 N–H and O–H groups in total. The second kappa shape index (κ2) is 5.35. The zero-order chi connectivity index (χ0) is 14.0. The number of aromatic amines is 1. The summed E-state index contributed by atoms with van der Waals surface area (Å²) in [6.45, 7) is 0.197. The Labute approximate surface area is 115 Å². The van der Waals surface area contributed by atoms with Crippen LogP contribution in [0.15, 0.2) is 12.3 Å². The van der Waals surface area contributed by atoms with Gasteiger partial charge < -0.3 is 9.72 Å². The van der Waals surface area contributed by atoms with Gasteiger partial charge in [-0.1, -0.05) is 12.2 Å². The van der Waals surface area contributed by atoms with Gasteiger partial charge in [0.05, 0.1) is 10.6 Å². The Balaban J connectivity index is 2.41. The van der Waals surface area contributed by atoms with Crippen LogP contribution in [0.1, 0.15) is 10.8 Å². The third kappa shape index (κ3) is 3.37. The zero-order valence-electron chi connectivity index (χ0n) is 9.61. The molecule has 0 aliphatic rings. The fraction of sp³-hybridized carbons (Fsp3) is 0.300. The highest BCUT2D eigenvalue weighted by molar-refractivity contribution is 7.71. The molecule has 0 atom stereocenters. The summed E-state index contributed by atoms with van der Waals surface area (Å²) >= 11 is 5.50. The molecule has 0 saturated carbocycles. The highest BCUT2D eigenvalue weighted by atomic mass is 32.1. The molecule has 0 unspecified atom stereocenters. The van der Waals surface area contributed by atoms with Gasteiger partial charge in [0.25, 0.3) is 0 Å². The summed E-state index contributed by atoms with van der Waals surface area (Å²) in [5.74, 6) is 0.451. The minimum absolute atomic E-state index is 0.197. The van der Waals surface area contributed by atoms with Gasteiger partial charge in [0, 0.05) is 13.3 Å². The number of H-pyrrole nitrogens is 1. The van der Waals surface area contributed by atoms with Crippen molar-refractivity contribution < 1.29 is 17.9 Å². The highest BCUT2D eigenvalue weighted by Crippen LogP contribution is 2.35. The van der Waals surface area contributed by atoms with E-state index in [2.05, 4.69) is 15.0 Å². The summed E-state index contributed by atoms with van der Waals surface area (Å²) in [5, 5.41) is -0.896. The molecule has 0 fully saturated rings. The van der Waals surface area contributed by atoms with Gasteiger partial charge in [-0.25, -0.2) is 9.97 Å². The van der Waals surface area contributed by atoms with E-state index in [1.165, 1.54) is 13.2 Å². The van der Waals surface area contributed by atoms with Crippen molar-refractivity contribution in [1.82, 2.24) is 15.0 Å². The van der Waals surface area contributed by atoms with Crippen molar-refractivity contribution in [2.24, 2.45) is 0 Å². The third-order valence-corrected chi connectivity index (χ3v) is 3.37. The molecule has 0 spiro atoms. The van der Waals surface area contributed by atoms with Crippen LogP contribution in [0.5, 0.6) is 0 Å². The molecule has 2 aromatic heterocycles. The van der Waals surface area contributed by atoms with Gasteiger partial charge in [-0.05, 0) is 6.07 Å². The first-order valence-electron chi connectivity index (χ1n) is 5.02. The molecule has 0 radical (unpaired) electrons. The number of methoxy groups -OCH3 is 1. The average Bonchev–Trinajstić information content (AvgIpc) is 2.77. The van der Waals surface area contributed by atoms with Gasteiger partial charge in [-0.15, -0.1) is 11.3 Å². The molecule has 0 amide bonds. The van der Waals surface area contributed by atoms with Crippen molar-refractivity contribution in [3.05, 3.63) is 27.7 Å². The van der Waals surface area contributed by atoms with E-state index in [9.17, 15) is 13.2 Å². The number of rotatable bonds is 3. The number of aromatic nitrogens is 3. The van der Waals surface area contributed by atoms with Crippen molar-refractivity contribution in [1.29, 1.82) is 0 Å². The van der Waals surface area contributed by atoms with Crippen LogP contribution in [0.3, 0.4) is 0 Å². The van der Waals surface area contributed by atoms with Crippen molar-refractivity contribution in [2.75, 3.05) is 7.11 Å². The molecule has 0 saturated heterocycles. The number of halogens is 3. The van der Waals surface area contributed by atoms with Crippen molar-refractivity contribution in [2.45, 2.75) is 12.8 Å². The first-order valence-corrected chi connectivity index (χ1v) is 6.25. The van der Waals surface area contributed by atoms with Crippen molar-refractivity contribution >= 4 is 23.6 Å². The van der Waals surface area contributed by atoms with Crippen LogP contribution in [0, 0.1) is 4.64 Å². The lowest BCUT2D eigenvalue weighted by Gasteiger charge is -2.03. The van der Waals surface area contributed by atoms with E-state index in [1.807, 2.05) is 0 Å². The molecule has 0 bridgehead atoms. The fourth-order valence-electron chi connectivity index (χ4n) is 1.38. The van der Waals surface area contributed by atoms with E-state index in [4.69, 9.17) is 17.0 Å². The van der Waals surface area contributed by atoms with Crippen LogP contribution in [0.25, 0.3) is 10.6 Å². The maximum absolute atomic E-state index is 12.5. The third-order valence-electron chi connectivity index (χ3n) is 2.09. The predicted molar refractivity (Wildman–Crippen MR) is 66.2 cm³/mol. The SMILES string of the molecule is COCc1nc(=S)cc(-c2cnc(C(F)(F)F)s2)[nH]1. The molecular weight excluding hydrogens is 299 g/mol. The van der Waals surface area contributed by atoms with E-state index in [0.717, 1.165) is 6.20 Å². The Morgan fingerprint density at radius 3 is 2.79 bits per heavy atom. The predicted octanol–water partition coefficient (Wildman–Crippen LogP) is 3.43.